The van der Waals surface area contributed by atoms with Crippen LogP contribution in [0.4, 0.5) is 0 Å². The zero-order valence-electron chi connectivity index (χ0n) is 9.35. The van der Waals surface area contributed by atoms with Crippen LogP contribution in [0.2, 0.25) is 0 Å². The fraction of sp³-hybridized carbons (Fsp3) is 0.273. The molecule has 0 heterocycles. The number of nitrogens with one attached hydrogen (secondary N) is 1. The Morgan fingerprint density at radius 1 is 1.65 bits per heavy atom. The molecule has 0 bridgehead atoms. The van der Waals surface area contributed by atoms with Gasteiger partial charge in [0.1, 0.15) is 0 Å². The smallest absolute Gasteiger partial charge is 0.251 e. The Morgan fingerprint density at radius 2 is 2.35 bits per heavy atom. The van der Waals surface area contributed by atoms with Crippen molar-refractivity contribution >= 4 is 34.3 Å². The molecule has 4 N–H and O–H groups in total. The molecular formula is C11H14IN3O2. The summed E-state index contributed by atoms with van der Waals surface area (Å²) in [6.45, 7) is 1.84. The minimum absolute atomic E-state index is 0.00600. The van der Waals surface area contributed by atoms with E-state index in [4.69, 9.17) is 10.9 Å². The molecule has 1 atom stereocenters. The van der Waals surface area contributed by atoms with Crippen molar-refractivity contribution in [2.75, 3.05) is 0 Å². The van der Waals surface area contributed by atoms with Gasteiger partial charge in [-0.2, -0.15) is 0 Å². The normalized spacial score (nSPS) is 13.2. The molecule has 0 saturated carbocycles. The van der Waals surface area contributed by atoms with Crippen molar-refractivity contribution in [3.05, 3.63) is 33.4 Å². The van der Waals surface area contributed by atoms with Crippen molar-refractivity contribution in [2.45, 2.75) is 19.4 Å². The topological polar surface area (TPSA) is 87.7 Å². The van der Waals surface area contributed by atoms with Crippen molar-refractivity contribution in [1.29, 1.82) is 0 Å². The summed E-state index contributed by atoms with van der Waals surface area (Å²) in [5.41, 5.74) is 6.02. The van der Waals surface area contributed by atoms with Crippen LogP contribution in [-0.2, 0) is 0 Å². The number of hydrogen-bond donors (Lipinski definition) is 3. The highest BCUT2D eigenvalue weighted by molar-refractivity contribution is 14.1. The third kappa shape index (κ3) is 3.88. The molecule has 1 aromatic rings. The highest BCUT2D eigenvalue weighted by Gasteiger charge is 2.15. The van der Waals surface area contributed by atoms with E-state index < -0.39 is 6.04 Å². The predicted molar refractivity (Wildman–Crippen MR) is 74.1 cm³/mol. The lowest BCUT2D eigenvalue weighted by Crippen LogP contribution is -2.44. The molecule has 0 saturated heterocycles. The summed E-state index contributed by atoms with van der Waals surface area (Å²) >= 11 is 2.13. The van der Waals surface area contributed by atoms with Gasteiger partial charge in [-0.05, 0) is 47.2 Å². The molecule has 0 aliphatic rings. The molecule has 5 nitrogen and oxygen atoms in total. The summed E-state index contributed by atoms with van der Waals surface area (Å²) < 4.78 is 0.979. The fourth-order valence-electron chi connectivity index (χ4n) is 1.33. The third-order valence-corrected chi connectivity index (χ3v) is 2.94. The Bertz CT molecular complexity index is 434. The van der Waals surface area contributed by atoms with Gasteiger partial charge in [-0.3, -0.25) is 4.79 Å². The number of carbonyl (C=O) groups is 1. The van der Waals surface area contributed by atoms with Gasteiger partial charge in [-0.15, -0.1) is 0 Å². The van der Waals surface area contributed by atoms with Gasteiger partial charge in [0, 0.05) is 9.13 Å². The molecule has 1 aromatic carbocycles. The Hall–Kier alpha value is -1.31. The third-order valence-electron chi connectivity index (χ3n) is 2.27. The lowest BCUT2D eigenvalue weighted by atomic mass is 10.1. The first kappa shape index (κ1) is 13.8. The monoisotopic (exact) mass is 347 g/mol. The fourth-order valence-corrected chi connectivity index (χ4v) is 1.87. The van der Waals surface area contributed by atoms with Gasteiger partial charge >= 0.3 is 0 Å². The van der Waals surface area contributed by atoms with Crippen LogP contribution in [0, 0.1) is 3.57 Å². The largest absolute Gasteiger partial charge is 0.409 e. The van der Waals surface area contributed by atoms with E-state index in [-0.39, 0.29) is 11.7 Å². The van der Waals surface area contributed by atoms with Crippen molar-refractivity contribution in [1.82, 2.24) is 5.32 Å². The summed E-state index contributed by atoms with van der Waals surface area (Å²) in [5.74, 6) is -0.228. The van der Waals surface area contributed by atoms with Crippen LogP contribution in [0.25, 0.3) is 0 Å². The second kappa shape index (κ2) is 6.43. The number of nitrogens with zero attached hydrogens (tertiary/aromatic N) is 1. The van der Waals surface area contributed by atoms with Gasteiger partial charge in [0.25, 0.3) is 5.91 Å². The number of carbonyl (C=O) groups excluding carboxylic acids is 1. The maximum atomic E-state index is 11.9. The first-order valence-corrected chi connectivity index (χ1v) is 6.20. The number of amidine groups is 1. The number of rotatable bonds is 4. The van der Waals surface area contributed by atoms with Crippen LogP contribution in [0.1, 0.15) is 23.7 Å². The number of oxime groups is 1. The average molecular weight is 347 g/mol. The highest BCUT2D eigenvalue weighted by atomic mass is 127. The van der Waals surface area contributed by atoms with Crippen molar-refractivity contribution in [2.24, 2.45) is 10.9 Å². The molecule has 0 spiro atoms. The molecule has 0 aromatic heterocycles. The zero-order chi connectivity index (χ0) is 12.8. The van der Waals surface area contributed by atoms with E-state index in [0.29, 0.717) is 12.0 Å². The summed E-state index contributed by atoms with van der Waals surface area (Å²) in [5, 5.41) is 14.2. The van der Waals surface area contributed by atoms with Crippen LogP contribution in [0.5, 0.6) is 0 Å². The van der Waals surface area contributed by atoms with Crippen molar-refractivity contribution in [3.8, 4) is 0 Å². The molecule has 1 amide bonds. The van der Waals surface area contributed by atoms with Crippen LogP contribution < -0.4 is 11.1 Å². The first-order chi connectivity index (χ1) is 8.08. The molecule has 0 aliphatic carbocycles. The standard InChI is InChI=1S/C11H14IN3O2/c1-2-9(10(13)15-17)14-11(16)7-4-3-5-8(12)6-7/h3-6,9,17H,2H2,1H3,(H2,13,15)(H,14,16). The lowest BCUT2D eigenvalue weighted by Gasteiger charge is -2.15. The number of amides is 1. The Kier molecular flexibility index (Phi) is 5.20. The SMILES string of the molecule is CCC(NC(=O)c1cccc(I)c1)/C(N)=N/O. The average Bonchev–Trinajstić information content (AvgIpc) is 2.34. The molecule has 17 heavy (non-hydrogen) atoms. The van der Waals surface area contributed by atoms with E-state index in [9.17, 15) is 4.79 Å². The van der Waals surface area contributed by atoms with Gasteiger partial charge in [-0.1, -0.05) is 18.1 Å². The number of benzene rings is 1. The van der Waals surface area contributed by atoms with Gasteiger partial charge in [0.2, 0.25) is 0 Å². The molecule has 0 radical (unpaired) electrons. The maximum Gasteiger partial charge on any atom is 0.251 e. The van der Waals surface area contributed by atoms with Crippen LogP contribution in [0.3, 0.4) is 0 Å². The predicted octanol–water partition coefficient (Wildman–Crippen LogP) is 1.55. The minimum Gasteiger partial charge on any atom is -0.409 e. The maximum absolute atomic E-state index is 11.9. The molecule has 92 valence electrons. The summed E-state index contributed by atoms with van der Waals surface area (Å²) in [4.78, 5) is 11.9. The molecule has 6 heteroatoms. The van der Waals surface area contributed by atoms with Gasteiger partial charge in [0.15, 0.2) is 5.84 Å². The lowest BCUT2D eigenvalue weighted by molar-refractivity contribution is 0.0945. The Labute approximate surface area is 113 Å². The van der Waals surface area contributed by atoms with Gasteiger partial charge in [-0.25, -0.2) is 0 Å². The van der Waals surface area contributed by atoms with E-state index in [1.165, 1.54) is 0 Å². The van der Waals surface area contributed by atoms with Crippen LogP contribution in [0.15, 0.2) is 29.4 Å². The quantitative estimate of drug-likeness (QED) is 0.254. The van der Waals surface area contributed by atoms with Gasteiger partial charge in [0.05, 0.1) is 6.04 Å². The second-order valence-corrected chi connectivity index (χ2v) is 4.72. The van der Waals surface area contributed by atoms with E-state index in [1.54, 1.807) is 18.2 Å². The number of halogens is 1. The summed E-state index contributed by atoms with van der Waals surface area (Å²) in [6.07, 6.45) is 0.561. The van der Waals surface area contributed by atoms with Crippen LogP contribution in [-0.4, -0.2) is 23.0 Å². The molecule has 0 aliphatic heterocycles. The zero-order valence-corrected chi connectivity index (χ0v) is 11.5. The van der Waals surface area contributed by atoms with Crippen LogP contribution >= 0.6 is 22.6 Å². The van der Waals surface area contributed by atoms with E-state index >= 15 is 0 Å². The summed E-state index contributed by atoms with van der Waals surface area (Å²) in [7, 11) is 0. The van der Waals surface area contributed by atoms with Crippen molar-refractivity contribution < 1.29 is 10.0 Å². The summed E-state index contributed by atoms with van der Waals surface area (Å²) in [6, 6.07) is 6.75. The van der Waals surface area contributed by atoms with E-state index in [2.05, 4.69) is 33.1 Å². The molecule has 1 rings (SSSR count). The minimum atomic E-state index is -0.453. The van der Waals surface area contributed by atoms with E-state index in [1.807, 2.05) is 13.0 Å². The van der Waals surface area contributed by atoms with E-state index in [0.717, 1.165) is 3.57 Å². The Balaban J connectivity index is 2.78. The Morgan fingerprint density at radius 3 is 2.88 bits per heavy atom. The number of nitrogens with two attached hydrogens (primary N) is 1. The molecular weight excluding hydrogens is 333 g/mol. The van der Waals surface area contributed by atoms with Crippen molar-refractivity contribution in [3.63, 3.8) is 0 Å². The molecule has 1 unspecified atom stereocenters. The molecule has 0 fully saturated rings. The first-order valence-electron chi connectivity index (χ1n) is 5.12. The second-order valence-electron chi connectivity index (χ2n) is 3.47. The number of hydrogen-bond acceptors (Lipinski definition) is 3. The highest BCUT2D eigenvalue weighted by Crippen LogP contribution is 2.08. The van der Waals surface area contributed by atoms with Gasteiger partial charge < -0.3 is 16.3 Å².